The van der Waals surface area contributed by atoms with Crippen molar-refractivity contribution >= 4 is 5.91 Å². The molecular formula is C19H23N3O. The van der Waals surface area contributed by atoms with Crippen molar-refractivity contribution in [3.63, 3.8) is 0 Å². The monoisotopic (exact) mass is 309 g/mol. The molecule has 23 heavy (non-hydrogen) atoms. The van der Waals surface area contributed by atoms with Gasteiger partial charge >= 0.3 is 0 Å². The van der Waals surface area contributed by atoms with Gasteiger partial charge in [0.1, 0.15) is 0 Å². The van der Waals surface area contributed by atoms with Crippen LogP contribution in [0.15, 0.2) is 42.5 Å². The molecule has 0 unspecified atom stereocenters. The van der Waals surface area contributed by atoms with Crippen LogP contribution in [0.2, 0.25) is 0 Å². The highest BCUT2D eigenvalue weighted by Crippen LogP contribution is 2.27. The number of benzene rings is 1. The van der Waals surface area contributed by atoms with E-state index < -0.39 is 0 Å². The fraction of sp³-hybridized carbons (Fsp3) is 0.368. The van der Waals surface area contributed by atoms with Gasteiger partial charge in [0.05, 0.1) is 12.2 Å². The number of amides is 1. The van der Waals surface area contributed by atoms with E-state index in [0.29, 0.717) is 12.5 Å². The zero-order valence-corrected chi connectivity index (χ0v) is 13.5. The van der Waals surface area contributed by atoms with E-state index in [9.17, 15) is 4.79 Å². The Morgan fingerprint density at radius 3 is 2.91 bits per heavy atom. The number of nitrogens with zero attached hydrogens (tertiary/aromatic N) is 2. The number of piperidine rings is 1. The first-order valence-electron chi connectivity index (χ1n) is 8.16. The van der Waals surface area contributed by atoms with Crippen LogP contribution in [0, 0.1) is 6.92 Å². The molecule has 1 fully saturated rings. The molecular weight excluding hydrogens is 286 g/mol. The van der Waals surface area contributed by atoms with Gasteiger partial charge in [-0.3, -0.25) is 14.7 Å². The topological polar surface area (TPSA) is 59.2 Å². The summed E-state index contributed by atoms with van der Waals surface area (Å²) in [7, 11) is 0. The number of primary amides is 1. The second kappa shape index (κ2) is 6.92. The minimum absolute atomic E-state index is 0.257. The lowest BCUT2D eigenvalue weighted by atomic mass is 9.93. The number of aromatic nitrogens is 1. The predicted octanol–water partition coefficient (Wildman–Crippen LogP) is 2.72. The SMILES string of the molecule is Cc1cccc(-c2cccc([C@H]3CCCN(CC(N)=O)C3)n2)c1. The van der Waals surface area contributed by atoms with Crippen molar-refractivity contribution in [1.82, 2.24) is 9.88 Å². The Morgan fingerprint density at radius 2 is 2.13 bits per heavy atom. The summed E-state index contributed by atoms with van der Waals surface area (Å²) in [6.45, 7) is 4.23. The van der Waals surface area contributed by atoms with Gasteiger partial charge < -0.3 is 5.73 Å². The van der Waals surface area contributed by atoms with E-state index in [0.717, 1.165) is 42.9 Å². The normalized spacial score (nSPS) is 18.7. The molecule has 1 saturated heterocycles. The van der Waals surface area contributed by atoms with Crippen LogP contribution >= 0.6 is 0 Å². The molecule has 120 valence electrons. The highest BCUT2D eigenvalue weighted by molar-refractivity contribution is 5.75. The summed E-state index contributed by atoms with van der Waals surface area (Å²) in [6.07, 6.45) is 2.19. The molecule has 1 aromatic heterocycles. The maximum atomic E-state index is 11.1. The first kappa shape index (κ1) is 15.7. The van der Waals surface area contributed by atoms with Crippen LogP contribution in [0.25, 0.3) is 11.3 Å². The van der Waals surface area contributed by atoms with Gasteiger partial charge in [0, 0.05) is 23.7 Å². The van der Waals surface area contributed by atoms with E-state index in [1.54, 1.807) is 0 Å². The molecule has 2 aromatic rings. The van der Waals surface area contributed by atoms with E-state index in [2.05, 4.69) is 54.3 Å². The number of nitrogens with two attached hydrogens (primary N) is 1. The van der Waals surface area contributed by atoms with E-state index >= 15 is 0 Å². The van der Waals surface area contributed by atoms with Gasteiger partial charge in [-0.25, -0.2) is 0 Å². The Kier molecular flexibility index (Phi) is 4.72. The van der Waals surface area contributed by atoms with Crippen LogP contribution in [-0.2, 0) is 4.79 Å². The summed E-state index contributed by atoms with van der Waals surface area (Å²) in [5.41, 5.74) is 9.83. The van der Waals surface area contributed by atoms with Gasteiger partial charge in [-0.05, 0) is 44.5 Å². The van der Waals surface area contributed by atoms with Crippen LogP contribution in [0.5, 0.6) is 0 Å². The second-order valence-electron chi connectivity index (χ2n) is 6.36. The van der Waals surface area contributed by atoms with Crippen LogP contribution < -0.4 is 5.73 Å². The molecule has 1 amide bonds. The molecule has 0 spiro atoms. The zero-order chi connectivity index (χ0) is 16.2. The first-order chi connectivity index (χ1) is 11.1. The number of aryl methyl sites for hydroxylation is 1. The average Bonchev–Trinajstić information content (AvgIpc) is 2.55. The lowest BCUT2D eigenvalue weighted by Gasteiger charge is -2.31. The van der Waals surface area contributed by atoms with Gasteiger partial charge in [-0.15, -0.1) is 0 Å². The summed E-state index contributed by atoms with van der Waals surface area (Å²) < 4.78 is 0. The molecule has 2 heterocycles. The number of rotatable bonds is 4. The van der Waals surface area contributed by atoms with Gasteiger partial charge in [0.2, 0.25) is 5.91 Å². The quantitative estimate of drug-likeness (QED) is 0.944. The van der Waals surface area contributed by atoms with Crippen LogP contribution in [0.1, 0.15) is 30.0 Å². The third-order valence-electron chi connectivity index (χ3n) is 4.39. The molecule has 0 aliphatic carbocycles. The molecule has 4 heteroatoms. The van der Waals surface area contributed by atoms with Crippen molar-refractivity contribution < 1.29 is 4.79 Å². The summed E-state index contributed by atoms with van der Waals surface area (Å²) in [5, 5.41) is 0. The number of likely N-dealkylation sites (tertiary alicyclic amines) is 1. The van der Waals surface area contributed by atoms with Crippen LogP contribution in [0.4, 0.5) is 0 Å². The first-order valence-corrected chi connectivity index (χ1v) is 8.16. The standard InChI is InChI=1S/C19H23N3O/c1-14-5-2-6-15(11-14)17-8-3-9-18(21-17)16-7-4-10-22(12-16)13-19(20)23/h2-3,5-6,8-9,11,16H,4,7,10,12-13H2,1H3,(H2,20,23)/t16-/m0/s1. The van der Waals surface area contributed by atoms with Gasteiger partial charge in [0.15, 0.2) is 0 Å². The fourth-order valence-electron chi connectivity index (χ4n) is 3.30. The summed E-state index contributed by atoms with van der Waals surface area (Å²) >= 11 is 0. The van der Waals surface area contributed by atoms with Crippen molar-refractivity contribution in [2.45, 2.75) is 25.7 Å². The number of carbonyl (C=O) groups excluding carboxylic acids is 1. The number of pyridine rings is 1. The molecule has 3 rings (SSSR count). The lowest BCUT2D eigenvalue weighted by Crippen LogP contribution is -2.40. The second-order valence-corrected chi connectivity index (χ2v) is 6.36. The van der Waals surface area contributed by atoms with E-state index in [4.69, 9.17) is 10.7 Å². The molecule has 1 aromatic carbocycles. The van der Waals surface area contributed by atoms with Crippen LogP contribution in [0.3, 0.4) is 0 Å². The Bertz CT molecular complexity index is 699. The summed E-state index contributed by atoms with van der Waals surface area (Å²) in [5.74, 6) is 0.111. The Balaban J connectivity index is 1.80. The van der Waals surface area contributed by atoms with Gasteiger partial charge in [-0.2, -0.15) is 0 Å². The Hall–Kier alpha value is -2.20. The molecule has 2 N–H and O–H groups in total. The Labute approximate surface area is 137 Å². The van der Waals surface area contributed by atoms with Gasteiger partial charge in [-0.1, -0.05) is 29.8 Å². The maximum absolute atomic E-state index is 11.1. The number of hydrogen-bond donors (Lipinski definition) is 1. The minimum atomic E-state index is -0.257. The highest BCUT2D eigenvalue weighted by atomic mass is 16.1. The van der Waals surface area contributed by atoms with Crippen molar-refractivity contribution in [3.05, 3.63) is 53.7 Å². The minimum Gasteiger partial charge on any atom is -0.369 e. The molecule has 1 aliphatic heterocycles. The molecule has 4 nitrogen and oxygen atoms in total. The van der Waals surface area contributed by atoms with E-state index in [1.807, 2.05) is 0 Å². The van der Waals surface area contributed by atoms with E-state index in [1.165, 1.54) is 5.56 Å². The largest absolute Gasteiger partial charge is 0.369 e. The Morgan fingerprint density at radius 1 is 1.30 bits per heavy atom. The third kappa shape index (κ3) is 3.96. The van der Waals surface area contributed by atoms with Crippen molar-refractivity contribution in [3.8, 4) is 11.3 Å². The van der Waals surface area contributed by atoms with Crippen LogP contribution in [-0.4, -0.2) is 35.4 Å². The predicted molar refractivity (Wildman–Crippen MR) is 92.0 cm³/mol. The fourth-order valence-corrected chi connectivity index (χ4v) is 3.30. The zero-order valence-electron chi connectivity index (χ0n) is 13.5. The van der Waals surface area contributed by atoms with E-state index in [-0.39, 0.29) is 5.91 Å². The number of carbonyl (C=O) groups is 1. The van der Waals surface area contributed by atoms with Crippen molar-refractivity contribution in [1.29, 1.82) is 0 Å². The smallest absolute Gasteiger partial charge is 0.231 e. The molecule has 0 radical (unpaired) electrons. The molecule has 1 atom stereocenters. The highest BCUT2D eigenvalue weighted by Gasteiger charge is 2.23. The van der Waals surface area contributed by atoms with Gasteiger partial charge in [0.25, 0.3) is 0 Å². The lowest BCUT2D eigenvalue weighted by molar-refractivity contribution is -0.119. The number of hydrogen-bond acceptors (Lipinski definition) is 3. The average molecular weight is 309 g/mol. The summed E-state index contributed by atoms with van der Waals surface area (Å²) in [4.78, 5) is 18.2. The molecule has 1 aliphatic rings. The molecule has 0 saturated carbocycles. The van der Waals surface area contributed by atoms with Crippen molar-refractivity contribution in [2.75, 3.05) is 19.6 Å². The molecule has 0 bridgehead atoms. The third-order valence-corrected chi connectivity index (χ3v) is 4.39. The van der Waals surface area contributed by atoms with Crippen molar-refractivity contribution in [2.24, 2.45) is 5.73 Å². The summed E-state index contributed by atoms with van der Waals surface area (Å²) in [6, 6.07) is 14.6. The maximum Gasteiger partial charge on any atom is 0.231 e.